The first-order chi connectivity index (χ1) is 20.8. The minimum absolute atomic E-state index is 1.13. The van der Waals surface area contributed by atoms with Crippen LogP contribution in [0.25, 0.3) is 53.2 Å². The van der Waals surface area contributed by atoms with Crippen molar-refractivity contribution in [3.05, 3.63) is 164 Å². The van der Waals surface area contributed by atoms with Crippen molar-refractivity contribution in [2.45, 2.75) is 0 Å². The van der Waals surface area contributed by atoms with Crippen LogP contribution in [0.4, 0.5) is 17.1 Å². The summed E-state index contributed by atoms with van der Waals surface area (Å²) in [5.41, 5.74) is 8.26. The molecular weight excluding hydrogens is 527 g/mol. The molecule has 0 saturated carbocycles. The zero-order valence-corrected chi connectivity index (χ0v) is 23.8. The Morgan fingerprint density at radius 2 is 1.05 bits per heavy atom. The molecule has 1 nitrogen and oxygen atoms in total. The first-order valence-corrected chi connectivity index (χ1v) is 15.1. The monoisotopic (exact) mass is 553 g/mol. The lowest BCUT2D eigenvalue weighted by Gasteiger charge is -2.28. The number of rotatable bonds is 5. The fourth-order valence-corrected chi connectivity index (χ4v) is 7.24. The van der Waals surface area contributed by atoms with Gasteiger partial charge >= 0.3 is 0 Å². The fourth-order valence-electron chi connectivity index (χ4n) is 6.02. The molecule has 0 spiro atoms. The molecule has 8 rings (SSSR count). The summed E-state index contributed by atoms with van der Waals surface area (Å²) in [6.07, 6.45) is 0. The predicted molar refractivity (Wildman–Crippen MR) is 182 cm³/mol. The van der Waals surface area contributed by atoms with E-state index in [-0.39, 0.29) is 0 Å². The maximum absolute atomic E-state index is 2.40. The van der Waals surface area contributed by atoms with Gasteiger partial charge in [-0.05, 0) is 63.9 Å². The van der Waals surface area contributed by atoms with Crippen molar-refractivity contribution in [1.82, 2.24) is 0 Å². The molecule has 0 N–H and O–H groups in total. The summed E-state index contributed by atoms with van der Waals surface area (Å²) in [5.74, 6) is 0. The van der Waals surface area contributed by atoms with Gasteiger partial charge in [0.25, 0.3) is 0 Å². The summed E-state index contributed by atoms with van der Waals surface area (Å²) >= 11 is 1.88. The molecule has 2 heteroatoms. The Kier molecular flexibility index (Phi) is 6.05. The molecule has 0 aliphatic carbocycles. The Morgan fingerprint density at radius 1 is 0.405 bits per heavy atom. The van der Waals surface area contributed by atoms with Gasteiger partial charge in [0.15, 0.2) is 0 Å². The summed E-state index contributed by atoms with van der Waals surface area (Å²) in [7, 11) is 0. The minimum Gasteiger partial charge on any atom is -0.310 e. The molecule has 42 heavy (non-hydrogen) atoms. The predicted octanol–water partition coefficient (Wildman–Crippen LogP) is 12.0. The third-order valence-electron chi connectivity index (χ3n) is 8.07. The van der Waals surface area contributed by atoms with Gasteiger partial charge in [0.05, 0.1) is 5.69 Å². The second-order valence-corrected chi connectivity index (χ2v) is 11.6. The largest absolute Gasteiger partial charge is 0.310 e. The lowest BCUT2D eigenvalue weighted by Crippen LogP contribution is -2.11. The van der Waals surface area contributed by atoms with E-state index in [0.29, 0.717) is 0 Å². The number of hydrogen-bond donors (Lipinski definition) is 0. The van der Waals surface area contributed by atoms with Crippen LogP contribution in [0, 0.1) is 0 Å². The van der Waals surface area contributed by atoms with Crippen LogP contribution in [0.1, 0.15) is 0 Å². The van der Waals surface area contributed by atoms with E-state index < -0.39 is 0 Å². The number of nitrogens with zero attached hydrogens (tertiary/aromatic N) is 1. The fraction of sp³-hybridized carbons (Fsp3) is 0. The van der Waals surface area contributed by atoms with E-state index >= 15 is 0 Å². The van der Waals surface area contributed by atoms with E-state index in [1.165, 1.54) is 53.2 Å². The highest BCUT2D eigenvalue weighted by molar-refractivity contribution is 7.26. The van der Waals surface area contributed by atoms with Crippen molar-refractivity contribution in [3.8, 4) is 22.3 Å². The quantitative estimate of drug-likeness (QED) is 0.205. The molecule has 0 aliphatic rings. The van der Waals surface area contributed by atoms with E-state index in [9.17, 15) is 0 Å². The van der Waals surface area contributed by atoms with E-state index in [2.05, 4.69) is 169 Å². The molecule has 1 heterocycles. The van der Waals surface area contributed by atoms with Crippen molar-refractivity contribution in [2.24, 2.45) is 0 Å². The standard InChI is InChI=1S/C40H27NS/c1-3-11-28(12-4-1)29-19-22-32(23-20-29)41(38-18-10-9-16-34(38)30-13-5-2-6-14-30)33-24-26-39-37(27-33)36-25-21-31-15-7-8-17-35(31)40(36)42-39/h1-27H. The molecule has 1 aromatic heterocycles. The van der Waals surface area contributed by atoms with Crippen molar-refractivity contribution in [1.29, 1.82) is 0 Å². The number of hydrogen-bond acceptors (Lipinski definition) is 2. The maximum atomic E-state index is 2.40. The Bertz CT molecular complexity index is 2180. The van der Waals surface area contributed by atoms with Gasteiger partial charge < -0.3 is 4.90 Å². The summed E-state index contributed by atoms with van der Waals surface area (Å²) in [4.78, 5) is 2.40. The molecule has 0 radical (unpaired) electrons. The first-order valence-electron chi connectivity index (χ1n) is 14.3. The van der Waals surface area contributed by atoms with Crippen molar-refractivity contribution < 1.29 is 0 Å². The highest BCUT2D eigenvalue weighted by Crippen LogP contribution is 2.45. The Morgan fingerprint density at radius 3 is 1.86 bits per heavy atom. The SMILES string of the molecule is c1ccc(-c2ccc(N(c3ccc4sc5c6ccccc6ccc5c4c3)c3ccccc3-c3ccccc3)cc2)cc1. The molecular formula is C40H27NS. The highest BCUT2D eigenvalue weighted by Gasteiger charge is 2.19. The third kappa shape index (κ3) is 4.25. The second kappa shape index (κ2) is 10.3. The second-order valence-electron chi connectivity index (χ2n) is 10.6. The van der Waals surface area contributed by atoms with Gasteiger partial charge in [-0.3, -0.25) is 0 Å². The van der Waals surface area contributed by atoms with Crippen LogP contribution in [-0.4, -0.2) is 0 Å². The Hall–Kier alpha value is -5.18. The summed E-state index contributed by atoms with van der Waals surface area (Å²) in [6.45, 7) is 0. The number of benzene rings is 7. The first kappa shape index (κ1) is 24.6. The van der Waals surface area contributed by atoms with Crippen LogP contribution in [0.15, 0.2) is 164 Å². The molecule has 198 valence electrons. The molecule has 0 saturated heterocycles. The van der Waals surface area contributed by atoms with Gasteiger partial charge in [-0.1, -0.05) is 127 Å². The number of para-hydroxylation sites is 1. The average molecular weight is 554 g/mol. The number of fused-ring (bicyclic) bond motifs is 5. The van der Waals surface area contributed by atoms with Crippen LogP contribution in [0.2, 0.25) is 0 Å². The minimum atomic E-state index is 1.13. The van der Waals surface area contributed by atoms with E-state index in [1.807, 2.05) is 11.3 Å². The summed E-state index contributed by atoms with van der Waals surface area (Å²) in [6, 6.07) is 59.1. The van der Waals surface area contributed by atoms with Crippen LogP contribution in [0.5, 0.6) is 0 Å². The van der Waals surface area contributed by atoms with Gasteiger partial charge in [-0.2, -0.15) is 0 Å². The van der Waals surface area contributed by atoms with E-state index in [4.69, 9.17) is 0 Å². The van der Waals surface area contributed by atoms with E-state index in [0.717, 1.165) is 17.1 Å². The zero-order valence-electron chi connectivity index (χ0n) is 22.9. The zero-order chi connectivity index (χ0) is 27.9. The normalized spacial score (nSPS) is 11.3. The molecule has 0 fully saturated rings. The highest BCUT2D eigenvalue weighted by atomic mass is 32.1. The van der Waals surface area contributed by atoms with Gasteiger partial charge in [0.2, 0.25) is 0 Å². The van der Waals surface area contributed by atoms with Gasteiger partial charge in [-0.15, -0.1) is 11.3 Å². The molecule has 0 atom stereocenters. The summed E-state index contributed by atoms with van der Waals surface area (Å²) < 4.78 is 2.66. The number of anilines is 3. The lowest BCUT2D eigenvalue weighted by molar-refractivity contribution is 1.29. The molecule has 0 aliphatic heterocycles. The molecule has 0 bridgehead atoms. The maximum Gasteiger partial charge on any atom is 0.0540 e. The van der Waals surface area contributed by atoms with Gasteiger partial charge in [0, 0.05) is 37.1 Å². The average Bonchev–Trinajstić information content (AvgIpc) is 3.45. The number of thiophene rings is 1. The van der Waals surface area contributed by atoms with Gasteiger partial charge in [-0.25, -0.2) is 0 Å². The van der Waals surface area contributed by atoms with Crippen molar-refractivity contribution in [2.75, 3.05) is 4.90 Å². The smallest absolute Gasteiger partial charge is 0.0540 e. The molecule has 7 aromatic carbocycles. The van der Waals surface area contributed by atoms with Crippen molar-refractivity contribution >= 4 is 59.3 Å². The van der Waals surface area contributed by atoms with Crippen LogP contribution < -0.4 is 4.90 Å². The Balaban J connectivity index is 1.34. The van der Waals surface area contributed by atoms with E-state index in [1.54, 1.807) is 0 Å². The molecule has 0 unspecified atom stereocenters. The van der Waals surface area contributed by atoms with Gasteiger partial charge in [0.1, 0.15) is 0 Å². The topological polar surface area (TPSA) is 3.24 Å². The lowest BCUT2D eigenvalue weighted by atomic mass is 10.0. The van der Waals surface area contributed by atoms with Crippen molar-refractivity contribution in [3.63, 3.8) is 0 Å². The van der Waals surface area contributed by atoms with Crippen LogP contribution in [-0.2, 0) is 0 Å². The third-order valence-corrected chi connectivity index (χ3v) is 9.29. The van der Waals surface area contributed by atoms with Crippen LogP contribution >= 0.6 is 11.3 Å². The Labute approximate surface area is 249 Å². The summed E-state index contributed by atoms with van der Waals surface area (Å²) in [5, 5.41) is 5.21. The molecule has 8 aromatic rings. The van der Waals surface area contributed by atoms with Crippen LogP contribution in [0.3, 0.4) is 0 Å². The molecule has 0 amide bonds.